The number of hydrogen-bond donors (Lipinski definition) is 0. The maximum Gasteiger partial charge on any atom is 0.426 e. The Bertz CT molecular complexity index is 357. The minimum Gasteiger partial charge on any atom is -0.354 e. The molecule has 0 N–H and O–H groups in total. The highest BCUT2D eigenvalue weighted by Crippen LogP contribution is 2.70. The van der Waals surface area contributed by atoms with Gasteiger partial charge in [0.25, 0.3) is 5.60 Å². The molecule has 3 fully saturated rings. The van der Waals surface area contributed by atoms with Gasteiger partial charge in [-0.3, -0.25) is 0 Å². The molecule has 18 heavy (non-hydrogen) atoms. The Morgan fingerprint density at radius 2 is 1.56 bits per heavy atom. The van der Waals surface area contributed by atoms with Crippen LogP contribution in [0, 0.1) is 23.7 Å². The summed E-state index contributed by atoms with van der Waals surface area (Å²) in [6.07, 6.45) is -10.8. The van der Waals surface area contributed by atoms with Gasteiger partial charge < -0.3 is 4.74 Å². The topological polar surface area (TPSA) is 9.23 Å². The lowest BCUT2D eigenvalue weighted by Crippen LogP contribution is -2.76. The normalized spacial score (nSPS) is 45.8. The van der Waals surface area contributed by atoms with E-state index in [1.54, 1.807) is 0 Å². The predicted octanol–water partition coefficient (Wildman–Crippen LogP) is 3.54. The minimum atomic E-state index is -5.39. The molecule has 1 heterocycles. The van der Waals surface area contributed by atoms with Gasteiger partial charge in [0.2, 0.25) is 0 Å². The number of hydrogen-bond acceptors (Lipinski definition) is 1. The van der Waals surface area contributed by atoms with Crippen molar-refractivity contribution < 1.29 is 31.1 Å². The van der Waals surface area contributed by atoms with E-state index in [1.807, 2.05) is 6.92 Å². The van der Waals surface area contributed by atoms with E-state index in [2.05, 4.69) is 4.74 Å². The van der Waals surface area contributed by atoms with Crippen LogP contribution in [0.5, 0.6) is 0 Å². The van der Waals surface area contributed by atoms with Gasteiger partial charge in [0.15, 0.2) is 0 Å². The molecule has 0 spiro atoms. The summed E-state index contributed by atoms with van der Waals surface area (Å²) in [5.41, 5.74) is -3.91. The third-order valence-corrected chi connectivity index (χ3v) is 4.90. The van der Waals surface area contributed by atoms with Crippen LogP contribution in [-0.2, 0) is 4.74 Å². The first kappa shape index (κ1) is 12.6. The van der Waals surface area contributed by atoms with Gasteiger partial charge in [0.1, 0.15) is 0 Å². The fourth-order valence-electron chi connectivity index (χ4n) is 4.23. The first-order chi connectivity index (χ1) is 8.09. The second kappa shape index (κ2) is 3.16. The van der Waals surface area contributed by atoms with Crippen LogP contribution < -0.4 is 0 Å². The van der Waals surface area contributed by atoms with Crippen LogP contribution >= 0.6 is 0 Å². The fourth-order valence-corrected chi connectivity index (χ4v) is 4.23. The lowest BCUT2D eigenvalue weighted by atomic mass is 9.66. The maximum absolute atomic E-state index is 12.9. The van der Waals surface area contributed by atoms with E-state index in [4.69, 9.17) is 0 Å². The highest BCUT2D eigenvalue weighted by Gasteiger charge is 2.86. The number of alkyl halides is 6. The van der Waals surface area contributed by atoms with Gasteiger partial charge >= 0.3 is 12.4 Å². The lowest BCUT2D eigenvalue weighted by molar-refractivity contribution is -0.472. The molecule has 0 aromatic carbocycles. The molecule has 0 aromatic rings. The highest BCUT2D eigenvalue weighted by atomic mass is 19.4. The number of fused-ring (bicyclic) bond motifs is 5. The van der Waals surface area contributed by atoms with Crippen molar-refractivity contribution in [3.63, 3.8) is 0 Å². The molecular weight excluding hydrogens is 262 g/mol. The van der Waals surface area contributed by atoms with Crippen molar-refractivity contribution in [2.45, 2.75) is 43.8 Å². The summed E-state index contributed by atoms with van der Waals surface area (Å²) >= 11 is 0. The second-order valence-corrected chi connectivity index (χ2v) is 5.71. The molecule has 1 aliphatic heterocycles. The van der Waals surface area contributed by atoms with Gasteiger partial charge in [-0.15, -0.1) is 0 Å². The predicted molar refractivity (Wildman–Crippen MR) is 48.6 cm³/mol. The van der Waals surface area contributed by atoms with E-state index in [0.717, 1.165) is 0 Å². The molecule has 104 valence electrons. The van der Waals surface area contributed by atoms with Crippen molar-refractivity contribution in [1.82, 2.24) is 0 Å². The van der Waals surface area contributed by atoms with Gasteiger partial charge in [-0.25, -0.2) is 0 Å². The smallest absolute Gasteiger partial charge is 0.354 e. The Morgan fingerprint density at radius 3 is 2.00 bits per heavy atom. The first-order valence-corrected chi connectivity index (χ1v) is 5.91. The summed E-state index contributed by atoms with van der Waals surface area (Å²) in [7, 11) is 0. The standard InChI is InChI=1S/C11H12F6O/c1-4-2-5-3-6(4)8-7(5)9(18-8,10(12,13)14)11(15,16)17/h4-8H,2-3H2,1H3. The number of ether oxygens (including phenoxy) is 1. The zero-order valence-corrected chi connectivity index (χ0v) is 9.48. The quantitative estimate of drug-likeness (QED) is 0.614. The van der Waals surface area contributed by atoms with Crippen LogP contribution in [0.4, 0.5) is 26.3 Å². The fraction of sp³-hybridized carbons (Fsp3) is 1.00. The van der Waals surface area contributed by atoms with E-state index in [-0.39, 0.29) is 11.8 Å². The van der Waals surface area contributed by atoms with E-state index >= 15 is 0 Å². The Kier molecular flexibility index (Phi) is 2.21. The Balaban J connectivity index is 1.98. The van der Waals surface area contributed by atoms with Crippen LogP contribution in [-0.4, -0.2) is 24.1 Å². The van der Waals surface area contributed by atoms with Crippen LogP contribution in [0.3, 0.4) is 0 Å². The van der Waals surface area contributed by atoms with Crippen molar-refractivity contribution in [3.8, 4) is 0 Å². The zero-order chi connectivity index (χ0) is 13.5. The molecule has 1 saturated heterocycles. The second-order valence-electron chi connectivity index (χ2n) is 5.71. The third-order valence-electron chi connectivity index (χ3n) is 4.90. The van der Waals surface area contributed by atoms with E-state index in [9.17, 15) is 26.3 Å². The summed E-state index contributed by atoms with van der Waals surface area (Å²) in [5.74, 6) is -1.92. The van der Waals surface area contributed by atoms with E-state index < -0.39 is 35.9 Å². The van der Waals surface area contributed by atoms with E-state index in [0.29, 0.717) is 12.8 Å². The van der Waals surface area contributed by atoms with Gasteiger partial charge in [-0.05, 0) is 30.6 Å². The van der Waals surface area contributed by atoms with Crippen molar-refractivity contribution >= 4 is 0 Å². The molecule has 2 saturated carbocycles. The Labute approximate surface area is 99.5 Å². The highest BCUT2D eigenvalue weighted by molar-refractivity contribution is 5.20. The first-order valence-electron chi connectivity index (χ1n) is 5.91. The minimum absolute atomic E-state index is 0.141. The van der Waals surface area contributed by atoms with Gasteiger partial charge in [0.05, 0.1) is 6.10 Å². The molecule has 7 heteroatoms. The van der Waals surface area contributed by atoms with Crippen molar-refractivity contribution in [2.75, 3.05) is 0 Å². The van der Waals surface area contributed by atoms with Gasteiger partial charge in [-0.2, -0.15) is 26.3 Å². The summed E-state index contributed by atoms with van der Waals surface area (Å²) in [6.45, 7) is 1.87. The average molecular weight is 274 g/mol. The SMILES string of the molecule is CC1CC2CC1C1OC(C(F)(F)F)(C(F)(F)F)C21. The number of halogens is 6. The van der Waals surface area contributed by atoms with E-state index in [1.165, 1.54) is 0 Å². The summed E-state index contributed by atoms with van der Waals surface area (Å²) in [4.78, 5) is 0. The van der Waals surface area contributed by atoms with Crippen LogP contribution in [0.25, 0.3) is 0 Å². The van der Waals surface area contributed by atoms with Gasteiger partial charge in [-0.1, -0.05) is 6.92 Å². The summed E-state index contributed by atoms with van der Waals surface area (Å²) in [5, 5.41) is 0. The Morgan fingerprint density at radius 1 is 1.00 bits per heavy atom. The molecule has 0 aromatic heterocycles. The monoisotopic (exact) mass is 274 g/mol. The maximum atomic E-state index is 12.9. The Hall–Kier alpha value is -0.460. The molecule has 3 aliphatic rings. The van der Waals surface area contributed by atoms with Crippen molar-refractivity contribution in [3.05, 3.63) is 0 Å². The summed E-state index contributed by atoms with van der Waals surface area (Å²) in [6, 6.07) is 0. The molecule has 2 bridgehead atoms. The molecule has 5 unspecified atom stereocenters. The van der Waals surface area contributed by atoms with Crippen LogP contribution in [0.2, 0.25) is 0 Å². The number of rotatable bonds is 0. The van der Waals surface area contributed by atoms with Crippen molar-refractivity contribution in [1.29, 1.82) is 0 Å². The van der Waals surface area contributed by atoms with Crippen LogP contribution in [0.1, 0.15) is 19.8 Å². The average Bonchev–Trinajstić information content (AvgIpc) is 2.50. The molecule has 1 nitrogen and oxygen atoms in total. The lowest BCUT2D eigenvalue weighted by Gasteiger charge is -2.57. The summed E-state index contributed by atoms with van der Waals surface area (Å²) < 4.78 is 81.6. The molecule has 5 atom stereocenters. The molecule has 3 rings (SSSR count). The zero-order valence-electron chi connectivity index (χ0n) is 9.48. The molecular formula is C11H12F6O. The molecule has 0 radical (unpaired) electrons. The van der Waals surface area contributed by atoms with Crippen LogP contribution in [0.15, 0.2) is 0 Å². The molecule has 0 amide bonds. The third kappa shape index (κ3) is 1.19. The molecule has 2 aliphatic carbocycles. The van der Waals surface area contributed by atoms with Crippen molar-refractivity contribution in [2.24, 2.45) is 23.7 Å². The largest absolute Gasteiger partial charge is 0.426 e. The van der Waals surface area contributed by atoms with Gasteiger partial charge in [0, 0.05) is 5.92 Å².